The van der Waals surface area contributed by atoms with Crippen LogP contribution in [0.2, 0.25) is 5.02 Å². The molecule has 0 unspecified atom stereocenters. The lowest BCUT2D eigenvalue weighted by molar-refractivity contribution is 0.102. The summed E-state index contributed by atoms with van der Waals surface area (Å²) in [5.41, 5.74) is 2.24. The van der Waals surface area contributed by atoms with E-state index in [4.69, 9.17) is 16.3 Å². The van der Waals surface area contributed by atoms with Crippen LogP contribution in [0, 0.1) is 0 Å². The van der Waals surface area contributed by atoms with E-state index in [2.05, 4.69) is 5.32 Å². The Bertz CT molecular complexity index is 817. The van der Waals surface area contributed by atoms with Crippen LogP contribution in [0.15, 0.2) is 78.9 Å². The maximum absolute atomic E-state index is 12.2. The molecule has 4 heteroatoms. The summed E-state index contributed by atoms with van der Waals surface area (Å²) in [5, 5.41) is 3.25. The van der Waals surface area contributed by atoms with E-state index in [1.54, 1.807) is 36.4 Å². The van der Waals surface area contributed by atoms with Crippen LogP contribution in [0.3, 0.4) is 0 Å². The van der Waals surface area contributed by atoms with Crippen molar-refractivity contribution in [1.29, 1.82) is 0 Å². The number of amides is 1. The second kappa shape index (κ2) is 7.66. The Balaban J connectivity index is 1.60. The molecule has 3 rings (SSSR count). The van der Waals surface area contributed by atoms with Crippen LogP contribution in [0.4, 0.5) is 5.69 Å². The molecular weight excluding hydrogens is 322 g/mol. The Morgan fingerprint density at radius 3 is 2.25 bits per heavy atom. The number of ether oxygens (including phenoxy) is 1. The normalized spacial score (nSPS) is 10.2. The molecule has 1 amide bonds. The number of carbonyl (C=O) groups is 1. The fourth-order valence-electron chi connectivity index (χ4n) is 2.22. The van der Waals surface area contributed by atoms with Gasteiger partial charge in [0.2, 0.25) is 0 Å². The Hall–Kier alpha value is -2.78. The standard InChI is InChI=1S/C20H16ClNO2/c21-19-9-5-4-8-18(19)20(23)22-16-10-12-17(13-11-16)24-14-15-6-2-1-3-7-15/h1-13H,14H2,(H,22,23). The highest BCUT2D eigenvalue weighted by Crippen LogP contribution is 2.20. The van der Waals surface area contributed by atoms with Crippen molar-refractivity contribution in [3.05, 3.63) is 95.0 Å². The second-order valence-electron chi connectivity index (χ2n) is 5.23. The van der Waals surface area contributed by atoms with Gasteiger partial charge in [-0.2, -0.15) is 0 Å². The molecule has 0 fully saturated rings. The Kier molecular flexibility index (Phi) is 5.14. The van der Waals surface area contributed by atoms with Crippen molar-refractivity contribution >= 4 is 23.2 Å². The molecular formula is C20H16ClNO2. The molecule has 1 N–H and O–H groups in total. The number of hydrogen-bond acceptors (Lipinski definition) is 2. The highest BCUT2D eigenvalue weighted by atomic mass is 35.5. The third-order valence-electron chi connectivity index (χ3n) is 3.48. The number of rotatable bonds is 5. The van der Waals surface area contributed by atoms with Gasteiger partial charge in [0, 0.05) is 5.69 Å². The van der Waals surface area contributed by atoms with Gasteiger partial charge < -0.3 is 10.1 Å². The van der Waals surface area contributed by atoms with Crippen LogP contribution >= 0.6 is 11.6 Å². The zero-order chi connectivity index (χ0) is 16.8. The lowest BCUT2D eigenvalue weighted by Gasteiger charge is -2.09. The second-order valence-corrected chi connectivity index (χ2v) is 5.64. The van der Waals surface area contributed by atoms with Gasteiger partial charge in [0.15, 0.2) is 0 Å². The molecule has 0 heterocycles. The van der Waals surface area contributed by atoms with E-state index < -0.39 is 0 Å². The largest absolute Gasteiger partial charge is 0.489 e. The van der Waals surface area contributed by atoms with E-state index in [9.17, 15) is 4.79 Å². The van der Waals surface area contributed by atoms with Crippen molar-refractivity contribution in [2.45, 2.75) is 6.61 Å². The first kappa shape index (κ1) is 16.1. The van der Waals surface area contributed by atoms with Crippen LogP contribution in [0.5, 0.6) is 5.75 Å². The molecule has 0 aliphatic rings. The summed E-state index contributed by atoms with van der Waals surface area (Å²) in [4.78, 5) is 12.2. The summed E-state index contributed by atoms with van der Waals surface area (Å²) >= 11 is 6.03. The number of hydrogen-bond donors (Lipinski definition) is 1. The average molecular weight is 338 g/mol. The highest BCUT2D eigenvalue weighted by molar-refractivity contribution is 6.34. The monoisotopic (exact) mass is 337 g/mol. The van der Waals surface area contributed by atoms with Gasteiger partial charge in [0.25, 0.3) is 5.91 Å². The summed E-state index contributed by atoms with van der Waals surface area (Å²) in [7, 11) is 0. The molecule has 3 aromatic rings. The summed E-state index contributed by atoms with van der Waals surface area (Å²) in [6.07, 6.45) is 0. The van der Waals surface area contributed by atoms with Crippen LogP contribution in [0.1, 0.15) is 15.9 Å². The number of benzene rings is 3. The highest BCUT2D eigenvalue weighted by Gasteiger charge is 2.09. The fourth-order valence-corrected chi connectivity index (χ4v) is 2.44. The van der Waals surface area contributed by atoms with Gasteiger partial charge in [-0.15, -0.1) is 0 Å². The molecule has 0 aromatic heterocycles. The molecule has 0 spiro atoms. The molecule has 3 aromatic carbocycles. The molecule has 0 atom stereocenters. The molecule has 0 radical (unpaired) electrons. The smallest absolute Gasteiger partial charge is 0.257 e. The Labute approximate surface area is 145 Å². The zero-order valence-electron chi connectivity index (χ0n) is 12.9. The van der Waals surface area contributed by atoms with Gasteiger partial charge >= 0.3 is 0 Å². The lowest BCUT2D eigenvalue weighted by atomic mass is 10.2. The molecule has 0 aliphatic heterocycles. The number of anilines is 1. The number of halogens is 1. The van der Waals surface area contributed by atoms with E-state index in [0.29, 0.717) is 22.9 Å². The maximum Gasteiger partial charge on any atom is 0.257 e. The number of carbonyl (C=O) groups excluding carboxylic acids is 1. The van der Waals surface area contributed by atoms with Gasteiger partial charge in [0.1, 0.15) is 12.4 Å². The van der Waals surface area contributed by atoms with E-state index in [1.165, 1.54) is 0 Å². The fraction of sp³-hybridized carbons (Fsp3) is 0.0500. The average Bonchev–Trinajstić information content (AvgIpc) is 2.62. The van der Waals surface area contributed by atoms with Crippen LogP contribution < -0.4 is 10.1 Å². The summed E-state index contributed by atoms with van der Waals surface area (Å²) in [6.45, 7) is 0.506. The van der Waals surface area contributed by atoms with E-state index in [1.807, 2.05) is 42.5 Å². The minimum absolute atomic E-state index is 0.237. The summed E-state index contributed by atoms with van der Waals surface area (Å²) < 4.78 is 5.72. The van der Waals surface area contributed by atoms with Crippen LogP contribution in [0.25, 0.3) is 0 Å². The number of nitrogens with one attached hydrogen (secondary N) is 1. The van der Waals surface area contributed by atoms with Crippen LogP contribution in [-0.4, -0.2) is 5.91 Å². The molecule has 0 saturated heterocycles. The predicted octanol–water partition coefficient (Wildman–Crippen LogP) is 5.17. The minimum Gasteiger partial charge on any atom is -0.489 e. The topological polar surface area (TPSA) is 38.3 Å². The molecule has 24 heavy (non-hydrogen) atoms. The van der Waals surface area contributed by atoms with Crippen molar-refractivity contribution in [3.63, 3.8) is 0 Å². The van der Waals surface area contributed by atoms with Crippen molar-refractivity contribution < 1.29 is 9.53 Å². The third-order valence-corrected chi connectivity index (χ3v) is 3.81. The predicted molar refractivity (Wildman–Crippen MR) is 96.6 cm³/mol. The minimum atomic E-state index is -0.237. The van der Waals surface area contributed by atoms with Gasteiger partial charge in [-0.05, 0) is 42.0 Å². The van der Waals surface area contributed by atoms with Gasteiger partial charge in [-0.25, -0.2) is 0 Å². The first-order valence-electron chi connectivity index (χ1n) is 7.55. The lowest BCUT2D eigenvalue weighted by Crippen LogP contribution is -2.12. The molecule has 0 saturated carbocycles. The molecule has 120 valence electrons. The maximum atomic E-state index is 12.2. The third kappa shape index (κ3) is 4.15. The van der Waals surface area contributed by atoms with Crippen molar-refractivity contribution in [1.82, 2.24) is 0 Å². The first-order valence-corrected chi connectivity index (χ1v) is 7.93. The van der Waals surface area contributed by atoms with Crippen molar-refractivity contribution in [2.24, 2.45) is 0 Å². The molecule has 3 nitrogen and oxygen atoms in total. The zero-order valence-corrected chi connectivity index (χ0v) is 13.7. The van der Waals surface area contributed by atoms with Crippen molar-refractivity contribution in [3.8, 4) is 5.75 Å². The van der Waals surface area contributed by atoms with Crippen LogP contribution in [-0.2, 0) is 6.61 Å². The van der Waals surface area contributed by atoms with E-state index >= 15 is 0 Å². The summed E-state index contributed by atoms with van der Waals surface area (Å²) in [5.74, 6) is 0.508. The first-order chi connectivity index (χ1) is 11.7. The van der Waals surface area contributed by atoms with Crippen molar-refractivity contribution in [2.75, 3.05) is 5.32 Å². The SMILES string of the molecule is O=C(Nc1ccc(OCc2ccccc2)cc1)c1ccccc1Cl. The van der Waals surface area contributed by atoms with E-state index in [-0.39, 0.29) is 5.91 Å². The van der Waals surface area contributed by atoms with Gasteiger partial charge in [0.05, 0.1) is 10.6 Å². The Morgan fingerprint density at radius 1 is 0.875 bits per heavy atom. The summed E-state index contributed by atoms with van der Waals surface area (Å²) in [6, 6.07) is 24.2. The van der Waals surface area contributed by atoms with Gasteiger partial charge in [-0.1, -0.05) is 54.1 Å². The molecule has 0 aliphatic carbocycles. The van der Waals surface area contributed by atoms with E-state index in [0.717, 1.165) is 11.3 Å². The van der Waals surface area contributed by atoms with Gasteiger partial charge in [-0.3, -0.25) is 4.79 Å². The Morgan fingerprint density at radius 2 is 1.54 bits per heavy atom. The quantitative estimate of drug-likeness (QED) is 0.697. The molecule has 0 bridgehead atoms.